The molecule has 2 aromatic rings. The van der Waals surface area contributed by atoms with Gasteiger partial charge in [-0.2, -0.15) is 0 Å². The van der Waals surface area contributed by atoms with E-state index >= 15 is 0 Å². The van der Waals surface area contributed by atoms with Crippen molar-refractivity contribution in [2.75, 3.05) is 20.3 Å². The molecule has 0 spiro atoms. The molecule has 0 bridgehead atoms. The number of nitrogens with zero attached hydrogens (tertiary/aromatic N) is 1. The Balaban J connectivity index is 1.47. The predicted octanol–water partition coefficient (Wildman–Crippen LogP) is 5.27. The topological polar surface area (TPSA) is 38.8 Å². The molecule has 4 nitrogen and oxygen atoms in total. The first-order chi connectivity index (χ1) is 13.7. The summed E-state index contributed by atoms with van der Waals surface area (Å²) in [5.41, 5.74) is 2.35. The van der Waals surface area contributed by atoms with E-state index in [2.05, 4.69) is 32.9 Å². The van der Waals surface area contributed by atoms with Crippen LogP contribution in [0.2, 0.25) is 0 Å². The number of ether oxygens (including phenoxy) is 2. The average Bonchev–Trinajstić information content (AvgIpc) is 2.93. The molecular weight excluding hydrogens is 402 g/mol. The minimum Gasteiger partial charge on any atom is -0.490 e. The summed E-state index contributed by atoms with van der Waals surface area (Å²) in [5.74, 6) is 1.54. The second-order valence-electron chi connectivity index (χ2n) is 7.78. The Labute approximate surface area is 181 Å². The highest BCUT2D eigenvalue weighted by Crippen LogP contribution is 2.31. The van der Waals surface area contributed by atoms with Gasteiger partial charge in [-0.3, -0.25) is 9.69 Å². The van der Waals surface area contributed by atoms with E-state index in [1.54, 1.807) is 7.05 Å². The largest absolute Gasteiger partial charge is 0.490 e. The molecule has 2 aromatic carbocycles. The van der Waals surface area contributed by atoms with E-state index < -0.39 is 0 Å². The molecule has 0 unspecified atom stereocenters. The van der Waals surface area contributed by atoms with Crippen LogP contribution in [-0.4, -0.2) is 35.4 Å². The molecule has 1 aliphatic rings. The fourth-order valence-corrected chi connectivity index (χ4v) is 3.91. The van der Waals surface area contributed by atoms with Crippen LogP contribution in [0.3, 0.4) is 0 Å². The summed E-state index contributed by atoms with van der Waals surface area (Å²) >= 11 is 6.46. The van der Waals surface area contributed by atoms with Crippen LogP contribution >= 0.6 is 24.0 Å². The Morgan fingerprint density at radius 1 is 0.966 bits per heavy atom. The molecule has 0 aliphatic carbocycles. The summed E-state index contributed by atoms with van der Waals surface area (Å²) in [6.07, 6.45) is 1.84. The summed E-state index contributed by atoms with van der Waals surface area (Å²) in [6.45, 7) is 7.49. The van der Waals surface area contributed by atoms with Crippen molar-refractivity contribution in [2.45, 2.75) is 26.2 Å². The van der Waals surface area contributed by atoms with Gasteiger partial charge in [-0.1, -0.05) is 69.0 Å². The Kier molecular flexibility index (Phi) is 6.65. The lowest BCUT2D eigenvalue weighted by Crippen LogP contribution is -2.22. The van der Waals surface area contributed by atoms with Gasteiger partial charge in [-0.05, 0) is 46.9 Å². The Hall–Kier alpha value is -2.31. The fourth-order valence-electron chi connectivity index (χ4n) is 2.73. The lowest BCUT2D eigenvalue weighted by molar-refractivity contribution is -0.121. The summed E-state index contributed by atoms with van der Waals surface area (Å²) in [7, 11) is 1.69. The van der Waals surface area contributed by atoms with Crippen LogP contribution in [0.5, 0.6) is 11.5 Å². The van der Waals surface area contributed by atoms with E-state index in [4.69, 9.17) is 21.7 Å². The molecule has 0 N–H and O–H groups in total. The van der Waals surface area contributed by atoms with E-state index in [0.29, 0.717) is 22.4 Å². The van der Waals surface area contributed by atoms with Crippen LogP contribution in [0, 0.1) is 0 Å². The molecule has 1 saturated heterocycles. The molecule has 152 valence electrons. The van der Waals surface area contributed by atoms with Gasteiger partial charge in [0.25, 0.3) is 5.91 Å². The third-order valence-electron chi connectivity index (χ3n) is 4.51. The van der Waals surface area contributed by atoms with E-state index in [9.17, 15) is 4.79 Å². The fraction of sp³-hybridized carbons (Fsp3) is 0.304. The van der Waals surface area contributed by atoms with Crippen LogP contribution < -0.4 is 9.47 Å². The van der Waals surface area contributed by atoms with Gasteiger partial charge in [0, 0.05) is 7.05 Å². The van der Waals surface area contributed by atoms with Crippen molar-refractivity contribution in [3.8, 4) is 11.5 Å². The zero-order valence-corrected chi connectivity index (χ0v) is 18.7. The van der Waals surface area contributed by atoms with Gasteiger partial charge >= 0.3 is 0 Å². The van der Waals surface area contributed by atoms with Gasteiger partial charge in [-0.25, -0.2) is 0 Å². The number of benzene rings is 2. The Bertz CT molecular complexity index is 913. The molecule has 1 aliphatic heterocycles. The van der Waals surface area contributed by atoms with E-state index in [0.717, 1.165) is 17.1 Å². The van der Waals surface area contributed by atoms with Crippen molar-refractivity contribution in [3.63, 3.8) is 0 Å². The predicted molar refractivity (Wildman–Crippen MR) is 124 cm³/mol. The summed E-state index contributed by atoms with van der Waals surface area (Å²) < 4.78 is 12.1. The van der Waals surface area contributed by atoms with Crippen molar-refractivity contribution >= 4 is 40.3 Å². The molecular formula is C23H25NO3S2. The first-order valence-corrected chi connectivity index (χ1v) is 10.6. The first-order valence-electron chi connectivity index (χ1n) is 9.42. The van der Waals surface area contributed by atoms with Gasteiger partial charge in [0.1, 0.15) is 29.0 Å². The number of rotatable bonds is 6. The first kappa shape index (κ1) is 21.4. The molecule has 3 rings (SSSR count). The van der Waals surface area contributed by atoms with Gasteiger partial charge in [0.15, 0.2) is 0 Å². The molecule has 6 heteroatoms. The quantitative estimate of drug-likeness (QED) is 0.357. The third-order valence-corrected chi connectivity index (χ3v) is 5.99. The van der Waals surface area contributed by atoms with Gasteiger partial charge < -0.3 is 9.47 Å². The molecule has 0 atom stereocenters. The van der Waals surface area contributed by atoms with E-state index in [1.165, 1.54) is 22.2 Å². The molecule has 0 aromatic heterocycles. The van der Waals surface area contributed by atoms with Crippen molar-refractivity contribution in [1.29, 1.82) is 0 Å². The van der Waals surface area contributed by atoms with Gasteiger partial charge in [-0.15, -0.1) is 0 Å². The van der Waals surface area contributed by atoms with Crippen molar-refractivity contribution < 1.29 is 14.3 Å². The van der Waals surface area contributed by atoms with Crippen molar-refractivity contribution in [1.82, 2.24) is 4.90 Å². The molecule has 1 fully saturated rings. The highest BCUT2D eigenvalue weighted by molar-refractivity contribution is 8.26. The summed E-state index contributed by atoms with van der Waals surface area (Å²) in [5, 5.41) is 0. The number of carbonyl (C=O) groups is 1. The van der Waals surface area contributed by atoms with Gasteiger partial charge in [0.2, 0.25) is 0 Å². The van der Waals surface area contributed by atoms with E-state index in [-0.39, 0.29) is 11.3 Å². The summed E-state index contributed by atoms with van der Waals surface area (Å²) in [4.78, 5) is 14.2. The van der Waals surface area contributed by atoms with Crippen LogP contribution in [0.4, 0.5) is 0 Å². The number of carbonyl (C=O) groups excluding carboxylic acids is 1. The highest BCUT2D eigenvalue weighted by Gasteiger charge is 2.28. The van der Waals surface area contributed by atoms with Crippen LogP contribution in [-0.2, 0) is 10.2 Å². The Morgan fingerprint density at radius 2 is 1.48 bits per heavy atom. The number of hydrogen-bond acceptors (Lipinski definition) is 5. The maximum Gasteiger partial charge on any atom is 0.265 e. The standard InChI is InChI=1S/C23H25NO3S2/c1-23(2,3)17-7-11-19(12-8-17)27-14-13-26-18-9-5-16(6-10-18)15-20-21(25)24(4)22(28)29-20/h5-12,15H,13-14H2,1-4H3. The van der Waals surface area contributed by atoms with Crippen LogP contribution in [0.15, 0.2) is 53.4 Å². The number of likely N-dealkylation sites (N-methyl/N-ethyl adjacent to an activating group) is 1. The van der Waals surface area contributed by atoms with Crippen LogP contribution in [0.1, 0.15) is 31.9 Å². The molecule has 1 heterocycles. The van der Waals surface area contributed by atoms with Crippen LogP contribution in [0.25, 0.3) is 6.08 Å². The lowest BCUT2D eigenvalue weighted by Gasteiger charge is -2.19. The molecule has 0 radical (unpaired) electrons. The SMILES string of the molecule is CN1C(=O)C(=Cc2ccc(OCCOc3ccc(C(C)(C)C)cc3)cc2)SC1=S. The van der Waals surface area contributed by atoms with Crippen molar-refractivity contribution in [3.05, 3.63) is 64.6 Å². The average molecular weight is 428 g/mol. The lowest BCUT2D eigenvalue weighted by atomic mass is 9.87. The normalized spacial score (nSPS) is 15.9. The van der Waals surface area contributed by atoms with Crippen molar-refractivity contribution in [2.24, 2.45) is 0 Å². The van der Waals surface area contributed by atoms with Gasteiger partial charge in [0.05, 0.1) is 4.91 Å². The number of thiocarbonyl (C=S) groups is 1. The number of hydrogen-bond donors (Lipinski definition) is 0. The minimum atomic E-state index is -0.0620. The molecule has 0 saturated carbocycles. The maximum absolute atomic E-state index is 12.1. The number of amides is 1. The zero-order valence-electron chi connectivity index (χ0n) is 17.1. The second-order valence-corrected chi connectivity index (χ2v) is 9.46. The van der Waals surface area contributed by atoms with E-state index in [1.807, 2.05) is 42.5 Å². The zero-order chi connectivity index (χ0) is 21.0. The minimum absolute atomic E-state index is 0.0620. The second kappa shape index (κ2) is 9.01. The monoisotopic (exact) mass is 427 g/mol. The maximum atomic E-state index is 12.1. The third kappa shape index (κ3) is 5.61. The highest BCUT2D eigenvalue weighted by atomic mass is 32.2. The number of thioether (sulfide) groups is 1. The molecule has 1 amide bonds. The Morgan fingerprint density at radius 3 is 1.93 bits per heavy atom. The molecule has 29 heavy (non-hydrogen) atoms. The smallest absolute Gasteiger partial charge is 0.265 e. The summed E-state index contributed by atoms with van der Waals surface area (Å²) in [6, 6.07) is 15.8.